The number of hydrogen-bond donors (Lipinski definition) is 1. The van der Waals surface area contributed by atoms with E-state index in [1.807, 2.05) is 0 Å². The van der Waals surface area contributed by atoms with Crippen molar-refractivity contribution in [1.29, 1.82) is 0 Å². The van der Waals surface area contributed by atoms with E-state index in [4.69, 9.17) is 14.6 Å². The minimum atomic E-state index is -1.19. The summed E-state index contributed by atoms with van der Waals surface area (Å²) < 4.78 is 9.98. The molecule has 1 rings (SSSR count). The van der Waals surface area contributed by atoms with E-state index in [0.29, 0.717) is 0 Å². The van der Waals surface area contributed by atoms with Crippen LogP contribution in [0.25, 0.3) is 0 Å². The van der Waals surface area contributed by atoms with Crippen LogP contribution in [0.1, 0.15) is 20.8 Å². The zero-order valence-corrected chi connectivity index (χ0v) is 9.52. The molecule has 0 unspecified atom stereocenters. The summed E-state index contributed by atoms with van der Waals surface area (Å²) in [6.07, 6.45) is -0.724. The van der Waals surface area contributed by atoms with Gasteiger partial charge in [-0.1, -0.05) is 6.58 Å². The second kappa shape index (κ2) is 4.03. The maximum Gasteiger partial charge on any atom is 0.414 e. The Bertz CT molecular complexity index is 331. The Morgan fingerprint density at radius 2 is 2.12 bits per heavy atom. The summed E-state index contributed by atoms with van der Waals surface area (Å²) in [5.74, 6) is -1.15. The van der Waals surface area contributed by atoms with E-state index < -0.39 is 23.7 Å². The van der Waals surface area contributed by atoms with Crippen molar-refractivity contribution in [2.45, 2.75) is 32.4 Å². The number of aliphatic carboxylic acids is 1. The summed E-state index contributed by atoms with van der Waals surface area (Å²) in [5, 5.41) is 8.91. The molecule has 0 aliphatic carbocycles. The minimum Gasteiger partial charge on any atom is -0.479 e. The van der Waals surface area contributed by atoms with Crippen molar-refractivity contribution in [3.05, 3.63) is 12.3 Å². The van der Waals surface area contributed by atoms with Crippen molar-refractivity contribution >= 4 is 12.1 Å². The molecule has 0 aromatic heterocycles. The summed E-state index contributed by atoms with van der Waals surface area (Å²) in [5.41, 5.74) is -0.677. The molecule has 16 heavy (non-hydrogen) atoms. The van der Waals surface area contributed by atoms with Gasteiger partial charge in [-0.2, -0.15) is 0 Å². The molecule has 0 radical (unpaired) electrons. The predicted octanol–water partition coefficient (Wildman–Crippen LogP) is 1.18. The average molecular weight is 229 g/mol. The first-order valence-electron chi connectivity index (χ1n) is 4.76. The summed E-state index contributed by atoms with van der Waals surface area (Å²) >= 11 is 0. The Balaban J connectivity index is 2.77. The van der Waals surface area contributed by atoms with Crippen LogP contribution in [-0.4, -0.2) is 40.4 Å². The zero-order chi connectivity index (χ0) is 12.5. The van der Waals surface area contributed by atoms with Gasteiger partial charge in [0, 0.05) is 0 Å². The van der Waals surface area contributed by atoms with Crippen LogP contribution in [0.2, 0.25) is 0 Å². The SMILES string of the molecule is C=C1OCN(C(=O)OC(C)(C)C)[C@@H]1C(=O)O. The lowest BCUT2D eigenvalue weighted by atomic mass is 10.2. The molecule has 1 amide bonds. The van der Waals surface area contributed by atoms with Crippen molar-refractivity contribution in [3.63, 3.8) is 0 Å². The highest BCUT2D eigenvalue weighted by molar-refractivity contribution is 5.83. The zero-order valence-electron chi connectivity index (χ0n) is 9.52. The fourth-order valence-corrected chi connectivity index (χ4v) is 1.23. The molecule has 1 heterocycles. The molecule has 0 aromatic rings. The van der Waals surface area contributed by atoms with E-state index in [1.165, 1.54) is 0 Å². The van der Waals surface area contributed by atoms with Crippen LogP contribution >= 0.6 is 0 Å². The second-order valence-electron chi connectivity index (χ2n) is 4.43. The van der Waals surface area contributed by atoms with Crippen LogP contribution in [0.15, 0.2) is 12.3 Å². The van der Waals surface area contributed by atoms with Crippen LogP contribution < -0.4 is 0 Å². The van der Waals surface area contributed by atoms with E-state index in [1.54, 1.807) is 20.8 Å². The van der Waals surface area contributed by atoms with Gasteiger partial charge in [0.15, 0.2) is 12.8 Å². The van der Waals surface area contributed by atoms with Crippen molar-refractivity contribution < 1.29 is 24.2 Å². The summed E-state index contributed by atoms with van der Waals surface area (Å²) in [7, 11) is 0. The molecule has 1 aliphatic heterocycles. The fraction of sp³-hybridized carbons (Fsp3) is 0.600. The van der Waals surface area contributed by atoms with Crippen molar-refractivity contribution in [2.24, 2.45) is 0 Å². The van der Waals surface area contributed by atoms with E-state index in [2.05, 4.69) is 6.58 Å². The van der Waals surface area contributed by atoms with Crippen molar-refractivity contribution in [2.75, 3.05) is 6.73 Å². The summed E-state index contributed by atoms with van der Waals surface area (Å²) in [6, 6.07) is -1.17. The van der Waals surface area contributed by atoms with Gasteiger partial charge in [0.05, 0.1) is 0 Å². The van der Waals surface area contributed by atoms with Crippen LogP contribution in [0.5, 0.6) is 0 Å². The third-order valence-corrected chi connectivity index (χ3v) is 1.87. The number of amides is 1. The van der Waals surface area contributed by atoms with Crippen LogP contribution in [-0.2, 0) is 14.3 Å². The second-order valence-corrected chi connectivity index (χ2v) is 4.43. The van der Waals surface area contributed by atoms with Crippen LogP contribution in [0, 0.1) is 0 Å². The number of ether oxygens (including phenoxy) is 2. The number of carboxylic acid groups (broad SMARTS) is 1. The molecular weight excluding hydrogens is 214 g/mol. The normalized spacial score (nSPS) is 20.6. The molecule has 1 atom stereocenters. The molecule has 0 saturated carbocycles. The van der Waals surface area contributed by atoms with Crippen molar-refractivity contribution in [1.82, 2.24) is 4.90 Å². The highest BCUT2D eigenvalue weighted by atomic mass is 16.6. The van der Waals surface area contributed by atoms with E-state index in [-0.39, 0.29) is 12.5 Å². The first kappa shape index (κ1) is 12.4. The first-order valence-corrected chi connectivity index (χ1v) is 4.76. The molecule has 0 spiro atoms. The molecule has 0 aromatic carbocycles. The van der Waals surface area contributed by atoms with E-state index >= 15 is 0 Å². The van der Waals surface area contributed by atoms with Gasteiger partial charge in [-0.15, -0.1) is 0 Å². The van der Waals surface area contributed by atoms with Crippen molar-refractivity contribution in [3.8, 4) is 0 Å². The number of carboxylic acids is 1. The van der Waals surface area contributed by atoms with E-state index in [0.717, 1.165) is 4.90 Å². The topological polar surface area (TPSA) is 76.1 Å². The van der Waals surface area contributed by atoms with Gasteiger partial charge in [-0.3, -0.25) is 4.90 Å². The molecule has 1 N–H and O–H groups in total. The van der Waals surface area contributed by atoms with Gasteiger partial charge in [0.1, 0.15) is 11.4 Å². The maximum atomic E-state index is 11.6. The average Bonchev–Trinajstić information content (AvgIpc) is 2.43. The fourth-order valence-electron chi connectivity index (χ4n) is 1.23. The molecule has 1 saturated heterocycles. The number of nitrogens with zero attached hydrogens (tertiary/aromatic N) is 1. The Hall–Kier alpha value is -1.72. The molecule has 0 bridgehead atoms. The third-order valence-electron chi connectivity index (χ3n) is 1.87. The van der Waals surface area contributed by atoms with Gasteiger partial charge in [-0.25, -0.2) is 9.59 Å². The number of hydrogen-bond acceptors (Lipinski definition) is 4. The lowest BCUT2D eigenvalue weighted by Gasteiger charge is -2.24. The Morgan fingerprint density at radius 1 is 1.56 bits per heavy atom. The number of carbonyl (C=O) groups is 2. The molecule has 6 nitrogen and oxygen atoms in total. The smallest absolute Gasteiger partial charge is 0.414 e. The predicted molar refractivity (Wildman–Crippen MR) is 54.6 cm³/mol. The third kappa shape index (κ3) is 2.65. The Labute approximate surface area is 93.4 Å². The van der Waals surface area contributed by atoms with Gasteiger partial charge in [-0.05, 0) is 20.8 Å². The number of rotatable bonds is 1. The quantitative estimate of drug-likeness (QED) is 0.730. The van der Waals surface area contributed by atoms with Gasteiger partial charge < -0.3 is 14.6 Å². The molecule has 1 fully saturated rings. The largest absolute Gasteiger partial charge is 0.479 e. The lowest BCUT2D eigenvalue weighted by molar-refractivity contribution is -0.140. The highest BCUT2D eigenvalue weighted by Crippen LogP contribution is 2.22. The van der Waals surface area contributed by atoms with Gasteiger partial charge in [0.25, 0.3) is 0 Å². The lowest BCUT2D eigenvalue weighted by Crippen LogP contribution is -2.43. The summed E-state index contributed by atoms with van der Waals surface area (Å²) in [6.45, 7) is 8.39. The highest BCUT2D eigenvalue weighted by Gasteiger charge is 2.41. The Morgan fingerprint density at radius 3 is 2.56 bits per heavy atom. The molecular formula is C10H15NO5. The maximum absolute atomic E-state index is 11.6. The first-order chi connectivity index (χ1) is 7.22. The Kier molecular flexibility index (Phi) is 3.11. The van der Waals surface area contributed by atoms with E-state index in [9.17, 15) is 9.59 Å². The standard InChI is InChI=1S/C10H15NO5/c1-6-7(8(12)13)11(5-15-6)9(14)16-10(2,3)4/h7H,1,5H2,2-4H3,(H,12,13)/t7-/m0/s1. The number of carbonyl (C=O) groups excluding carboxylic acids is 1. The van der Waals surface area contributed by atoms with Crippen LogP contribution in [0.3, 0.4) is 0 Å². The van der Waals surface area contributed by atoms with Crippen LogP contribution in [0.4, 0.5) is 4.79 Å². The molecule has 90 valence electrons. The van der Waals surface area contributed by atoms with Gasteiger partial charge in [0.2, 0.25) is 0 Å². The summed E-state index contributed by atoms with van der Waals surface area (Å²) in [4.78, 5) is 23.5. The minimum absolute atomic E-state index is 0.0401. The molecule has 1 aliphatic rings. The monoisotopic (exact) mass is 229 g/mol. The van der Waals surface area contributed by atoms with Gasteiger partial charge >= 0.3 is 12.1 Å². The molecule has 6 heteroatoms.